The number of piperidine rings is 1. The third-order valence-electron chi connectivity index (χ3n) is 1.80. The minimum Gasteiger partial charge on any atom is -0.286 e. The molecule has 0 aromatic heterocycles. The van der Waals surface area contributed by atoms with Gasteiger partial charge in [0.2, 0.25) is 0 Å². The number of rotatable bonds is 2. The average molecular weight is 189 g/mol. The highest BCUT2D eigenvalue weighted by Crippen LogP contribution is 2.25. The first kappa shape index (κ1) is 9.86. The highest BCUT2D eigenvalue weighted by molar-refractivity contribution is 8.01. The summed E-state index contributed by atoms with van der Waals surface area (Å²) in [5.41, 5.74) is 0. The van der Waals surface area contributed by atoms with Crippen molar-refractivity contribution in [2.24, 2.45) is 0 Å². The van der Waals surface area contributed by atoms with Crippen molar-refractivity contribution >= 4 is 17.7 Å². The molecule has 0 bridgehead atoms. The van der Waals surface area contributed by atoms with Crippen LogP contribution < -0.4 is 0 Å². The standard InChI is InChI=1S/C8H15NO2S/c1-6(2)12-7-4-3-5-9(11)8(7)10/h6-7,11H,3-5H2,1-2H3. The van der Waals surface area contributed by atoms with Crippen LogP contribution in [0.4, 0.5) is 0 Å². The van der Waals surface area contributed by atoms with Gasteiger partial charge in [-0.3, -0.25) is 10.0 Å². The monoisotopic (exact) mass is 189 g/mol. The van der Waals surface area contributed by atoms with Gasteiger partial charge >= 0.3 is 0 Å². The normalized spacial score (nSPS) is 25.2. The summed E-state index contributed by atoms with van der Waals surface area (Å²) < 4.78 is 0. The van der Waals surface area contributed by atoms with Gasteiger partial charge < -0.3 is 0 Å². The summed E-state index contributed by atoms with van der Waals surface area (Å²) in [6.45, 7) is 4.62. The van der Waals surface area contributed by atoms with Crippen LogP contribution in [0.25, 0.3) is 0 Å². The van der Waals surface area contributed by atoms with E-state index in [1.54, 1.807) is 11.8 Å². The van der Waals surface area contributed by atoms with Crippen LogP contribution in [-0.4, -0.2) is 33.2 Å². The van der Waals surface area contributed by atoms with Crippen LogP contribution >= 0.6 is 11.8 Å². The molecule has 1 saturated heterocycles. The fourth-order valence-electron chi connectivity index (χ4n) is 1.28. The van der Waals surface area contributed by atoms with Crippen LogP contribution in [0.2, 0.25) is 0 Å². The fraction of sp³-hybridized carbons (Fsp3) is 0.875. The Kier molecular flexibility index (Phi) is 3.40. The van der Waals surface area contributed by atoms with Crippen LogP contribution in [0.15, 0.2) is 0 Å². The molecule has 0 aromatic carbocycles. The van der Waals surface area contributed by atoms with Gasteiger partial charge in [-0.2, -0.15) is 0 Å². The number of carbonyl (C=O) groups is 1. The van der Waals surface area contributed by atoms with E-state index in [-0.39, 0.29) is 11.2 Å². The van der Waals surface area contributed by atoms with Crippen molar-refractivity contribution in [3.05, 3.63) is 0 Å². The lowest BCUT2D eigenvalue weighted by Crippen LogP contribution is -2.40. The molecule has 1 atom stereocenters. The van der Waals surface area contributed by atoms with Crippen LogP contribution in [0.3, 0.4) is 0 Å². The molecule has 70 valence electrons. The third-order valence-corrected chi connectivity index (χ3v) is 3.11. The first-order valence-electron chi connectivity index (χ1n) is 4.27. The van der Waals surface area contributed by atoms with E-state index in [0.29, 0.717) is 11.8 Å². The van der Waals surface area contributed by atoms with Crippen LogP contribution in [0.5, 0.6) is 0 Å². The lowest BCUT2D eigenvalue weighted by molar-refractivity contribution is -0.168. The molecule has 4 heteroatoms. The topological polar surface area (TPSA) is 40.5 Å². The smallest absolute Gasteiger partial charge is 0.259 e. The van der Waals surface area contributed by atoms with Gasteiger partial charge in [-0.1, -0.05) is 13.8 Å². The van der Waals surface area contributed by atoms with E-state index in [4.69, 9.17) is 5.21 Å². The SMILES string of the molecule is CC(C)SC1CCCN(O)C1=O. The zero-order chi connectivity index (χ0) is 9.14. The fourth-order valence-corrected chi connectivity index (χ4v) is 2.48. The summed E-state index contributed by atoms with van der Waals surface area (Å²) in [5.74, 6) is -0.125. The van der Waals surface area contributed by atoms with E-state index < -0.39 is 0 Å². The zero-order valence-corrected chi connectivity index (χ0v) is 8.30. The van der Waals surface area contributed by atoms with Crippen molar-refractivity contribution in [2.45, 2.75) is 37.2 Å². The summed E-state index contributed by atoms with van der Waals surface area (Å²) >= 11 is 1.64. The van der Waals surface area contributed by atoms with E-state index in [0.717, 1.165) is 17.9 Å². The maximum Gasteiger partial charge on any atom is 0.259 e. The highest BCUT2D eigenvalue weighted by Gasteiger charge is 2.28. The predicted molar refractivity (Wildman–Crippen MR) is 49.2 cm³/mol. The van der Waals surface area contributed by atoms with Gasteiger partial charge in [-0.25, -0.2) is 5.06 Å². The van der Waals surface area contributed by atoms with Crippen molar-refractivity contribution < 1.29 is 10.0 Å². The molecule has 0 saturated carbocycles. The second-order valence-corrected chi connectivity index (χ2v) is 5.06. The molecule has 1 aliphatic heterocycles. The first-order valence-corrected chi connectivity index (χ1v) is 5.21. The molecule has 0 aromatic rings. The Labute approximate surface area is 77.1 Å². The second-order valence-electron chi connectivity index (χ2n) is 3.28. The summed E-state index contributed by atoms with van der Waals surface area (Å²) in [4.78, 5) is 11.3. The quantitative estimate of drug-likeness (QED) is 0.669. The Hall–Kier alpha value is -0.220. The number of hydroxylamine groups is 2. The summed E-state index contributed by atoms with van der Waals surface area (Å²) in [6, 6.07) is 0. The Morgan fingerprint density at radius 1 is 1.67 bits per heavy atom. The molecule has 1 unspecified atom stereocenters. The molecule has 0 aliphatic carbocycles. The molecule has 0 radical (unpaired) electrons. The lowest BCUT2D eigenvalue weighted by Gasteiger charge is -2.27. The molecular weight excluding hydrogens is 174 g/mol. The summed E-state index contributed by atoms with van der Waals surface area (Å²) in [6.07, 6.45) is 1.81. The zero-order valence-electron chi connectivity index (χ0n) is 7.49. The predicted octanol–water partition coefficient (Wildman–Crippen LogP) is 1.51. The van der Waals surface area contributed by atoms with Gasteiger partial charge in [0.05, 0.1) is 5.25 Å². The van der Waals surface area contributed by atoms with Gasteiger partial charge in [-0.05, 0) is 18.1 Å². The van der Waals surface area contributed by atoms with Gasteiger partial charge in [0.25, 0.3) is 5.91 Å². The molecule has 1 aliphatic rings. The number of hydrogen-bond acceptors (Lipinski definition) is 3. The Balaban J connectivity index is 2.46. The number of carbonyl (C=O) groups excluding carboxylic acids is 1. The number of amides is 1. The number of hydrogen-bond donors (Lipinski definition) is 1. The van der Waals surface area contributed by atoms with E-state index >= 15 is 0 Å². The van der Waals surface area contributed by atoms with Crippen LogP contribution in [0, 0.1) is 0 Å². The summed E-state index contributed by atoms with van der Waals surface area (Å²) in [5, 5.41) is 10.4. The van der Waals surface area contributed by atoms with Gasteiger partial charge in [0, 0.05) is 6.54 Å². The lowest BCUT2D eigenvalue weighted by atomic mass is 10.1. The molecule has 1 heterocycles. The third kappa shape index (κ3) is 2.38. The van der Waals surface area contributed by atoms with Crippen molar-refractivity contribution in [3.63, 3.8) is 0 Å². The van der Waals surface area contributed by atoms with Crippen molar-refractivity contribution in [1.82, 2.24) is 5.06 Å². The van der Waals surface area contributed by atoms with E-state index in [1.807, 2.05) is 0 Å². The minimum absolute atomic E-state index is 0.0243. The number of thioether (sulfide) groups is 1. The molecule has 0 spiro atoms. The molecule has 1 fully saturated rings. The Morgan fingerprint density at radius 2 is 2.33 bits per heavy atom. The molecule has 3 nitrogen and oxygen atoms in total. The number of nitrogens with zero attached hydrogens (tertiary/aromatic N) is 1. The van der Waals surface area contributed by atoms with E-state index in [1.165, 1.54) is 0 Å². The van der Waals surface area contributed by atoms with Crippen LogP contribution in [0.1, 0.15) is 26.7 Å². The van der Waals surface area contributed by atoms with E-state index in [9.17, 15) is 4.79 Å². The Morgan fingerprint density at radius 3 is 2.92 bits per heavy atom. The van der Waals surface area contributed by atoms with Gasteiger partial charge in [-0.15, -0.1) is 11.8 Å². The first-order chi connectivity index (χ1) is 5.61. The summed E-state index contributed by atoms with van der Waals surface area (Å²) in [7, 11) is 0. The van der Waals surface area contributed by atoms with Crippen molar-refractivity contribution in [1.29, 1.82) is 0 Å². The maximum atomic E-state index is 11.3. The van der Waals surface area contributed by atoms with Gasteiger partial charge in [0.15, 0.2) is 0 Å². The van der Waals surface area contributed by atoms with E-state index in [2.05, 4.69) is 13.8 Å². The van der Waals surface area contributed by atoms with Crippen molar-refractivity contribution in [3.8, 4) is 0 Å². The molecular formula is C8H15NO2S. The molecule has 12 heavy (non-hydrogen) atoms. The maximum absolute atomic E-state index is 11.3. The second kappa shape index (κ2) is 4.14. The largest absolute Gasteiger partial charge is 0.286 e. The highest BCUT2D eigenvalue weighted by atomic mass is 32.2. The van der Waals surface area contributed by atoms with Gasteiger partial charge in [0.1, 0.15) is 0 Å². The molecule has 1 N–H and O–H groups in total. The van der Waals surface area contributed by atoms with Crippen LogP contribution in [-0.2, 0) is 4.79 Å². The average Bonchev–Trinajstić information content (AvgIpc) is 1.98. The molecule has 1 rings (SSSR count). The molecule has 1 amide bonds. The van der Waals surface area contributed by atoms with Crippen molar-refractivity contribution in [2.75, 3.05) is 6.54 Å². The minimum atomic E-state index is -0.125. The Bertz CT molecular complexity index is 172.